The largest absolute Gasteiger partial charge is 0.338 e. The van der Waals surface area contributed by atoms with Gasteiger partial charge in [0.1, 0.15) is 5.82 Å². The molecule has 4 nitrogen and oxygen atoms in total. The summed E-state index contributed by atoms with van der Waals surface area (Å²) < 4.78 is 2.04. The molecule has 86 valence electrons. The van der Waals surface area contributed by atoms with Crippen molar-refractivity contribution in [2.24, 2.45) is 24.7 Å². The molecule has 3 N–H and O–H groups in total. The highest BCUT2D eigenvalue weighted by Crippen LogP contribution is 2.16. The smallest absolute Gasteiger partial charge is 0.109 e. The Morgan fingerprint density at radius 1 is 1.47 bits per heavy atom. The Bertz CT molecular complexity index is 293. The maximum atomic E-state index is 5.59. The Labute approximate surface area is 91.8 Å². The van der Waals surface area contributed by atoms with E-state index in [4.69, 9.17) is 5.84 Å². The van der Waals surface area contributed by atoms with E-state index in [1.807, 2.05) is 24.0 Å². The zero-order chi connectivity index (χ0) is 11.4. The number of hydrogen-bond donors (Lipinski definition) is 2. The van der Waals surface area contributed by atoms with Crippen LogP contribution in [0.3, 0.4) is 0 Å². The standard InChI is InChI=1S/C11H22N4/c1-8(2)9(3)10(14-12)7-11-13-5-6-15(11)4/h5-6,8-10,14H,7,12H2,1-4H3. The van der Waals surface area contributed by atoms with E-state index < -0.39 is 0 Å². The van der Waals surface area contributed by atoms with Crippen LogP contribution in [0, 0.1) is 11.8 Å². The Morgan fingerprint density at radius 3 is 2.53 bits per heavy atom. The van der Waals surface area contributed by atoms with E-state index in [0.717, 1.165) is 12.2 Å². The normalized spacial score (nSPS) is 15.6. The fraction of sp³-hybridized carbons (Fsp3) is 0.727. The van der Waals surface area contributed by atoms with E-state index >= 15 is 0 Å². The Kier molecular flexibility index (Phi) is 4.29. The molecule has 0 saturated carbocycles. The Hall–Kier alpha value is -0.870. The minimum absolute atomic E-state index is 0.283. The highest BCUT2D eigenvalue weighted by Gasteiger charge is 2.20. The lowest BCUT2D eigenvalue weighted by molar-refractivity contribution is 0.295. The van der Waals surface area contributed by atoms with Gasteiger partial charge in [0.2, 0.25) is 0 Å². The maximum Gasteiger partial charge on any atom is 0.109 e. The van der Waals surface area contributed by atoms with Crippen molar-refractivity contribution in [2.75, 3.05) is 0 Å². The van der Waals surface area contributed by atoms with Gasteiger partial charge in [-0.25, -0.2) is 4.98 Å². The van der Waals surface area contributed by atoms with Crippen LogP contribution in [-0.4, -0.2) is 15.6 Å². The molecular formula is C11H22N4. The third kappa shape index (κ3) is 3.04. The second-order valence-electron chi connectivity index (χ2n) is 4.53. The van der Waals surface area contributed by atoms with Crippen molar-refractivity contribution in [2.45, 2.75) is 33.2 Å². The highest BCUT2D eigenvalue weighted by molar-refractivity contribution is 4.95. The van der Waals surface area contributed by atoms with Gasteiger partial charge in [-0.1, -0.05) is 20.8 Å². The number of aryl methyl sites for hydroxylation is 1. The number of nitrogens with two attached hydrogens (primary N) is 1. The number of rotatable bonds is 5. The molecule has 0 aromatic carbocycles. The van der Waals surface area contributed by atoms with Crippen LogP contribution in [0.15, 0.2) is 12.4 Å². The van der Waals surface area contributed by atoms with Gasteiger partial charge in [0.05, 0.1) is 0 Å². The molecule has 2 unspecified atom stereocenters. The summed E-state index contributed by atoms with van der Waals surface area (Å²) in [7, 11) is 2.01. The molecule has 0 aliphatic heterocycles. The van der Waals surface area contributed by atoms with Crippen molar-refractivity contribution in [3.63, 3.8) is 0 Å². The first-order valence-corrected chi connectivity index (χ1v) is 5.48. The van der Waals surface area contributed by atoms with Gasteiger partial charge in [0.25, 0.3) is 0 Å². The molecule has 0 bridgehead atoms. The molecule has 1 heterocycles. The minimum atomic E-state index is 0.283. The van der Waals surface area contributed by atoms with Crippen molar-refractivity contribution in [3.05, 3.63) is 18.2 Å². The predicted octanol–water partition coefficient (Wildman–Crippen LogP) is 1.09. The summed E-state index contributed by atoms with van der Waals surface area (Å²) >= 11 is 0. The van der Waals surface area contributed by atoms with Crippen LogP contribution in [0.5, 0.6) is 0 Å². The summed E-state index contributed by atoms with van der Waals surface area (Å²) in [6.07, 6.45) is 4.66. The van der Waals surface area contributed by atoms with E-state index in [0.29, 0.717) is 11.8 Å². The number of nitrogens with zero attached hydrogens (tertiary/aromatic N) is 2. The van der Waals surface area contributed by atoms with Crippen LogP contribution >= 0.6 is 0 Å². The fourth-order valence-electron chi connectivity index (χ4n) is 1.65. The number of hydrazine groups is 1. The van der Waals surface area contributed by atoms with Gasteiger partial charge in [-0.15, -0.1) is 0 Å². The molecule has 0 spiro atoms. The molecule has 0 saturated heterocycles. The molecule has 0 fully saturated rings. The first-order valence-electron chi connectivity index (χ1n) is 5.48. The molecule has 4 heteroatoms. The van der Waals surface area contributed by atoms with E-state index in [9.17, 15) is 0 Å². The summed E-state index contributed by atoms with van der Waals surface area (Å²) in [5.74, 6) is 7.82. The lowest BCUT2D eigenvalue weighted by Gasteiger charge is -2.26. The zero-order valence-corrected chi connectivity index (χ0v) is 10.1. The second kappa shape index (κ2) is 5.28. The third-order valence-corrected chi connectivity index (χ3v) is 3.22. The highest BCUT2D eigenvalue weighted by atomic mass is 15.2. The topological polar surface area (TPSA) is 55.9 Å². The van der Waals surface area contributed by atoms with Gasteiger partial charge in [0, 0.05) is 31.9 Å². The molecule has 15 heavy (non-hydrogen) atoms. The average molecular weight is 210 g/mol. The summed E-state index contributed by atoms with van der Waals surface area (Å²) in [5.41, 5.74) is 2.90. The van der Waals surface area contributed by atoms with Crippen molar-refractivity contribution in [1.29, 1.82) is 0 Å². The molecule has 0 amide bonds. The molecule has 2 atom stereocenters. The summed E-state index contributed by atoms with van der Waals surface area (Å²) in [6, 6.07) is 0.283. The predicted molar refractivity (Wildman–Crippen MR) is 62.0 cm³/mol. The van der Waals surface area contributed by atoms with Crippen LogP contribution in [0.1, 0.15) is 26.6 Å². The Balaban J connectivity index is 2.65. The van der Waals surface area contributed by atoms with Gasteiger partial charge in [-0.3, -0.25) is 11.3 Å². The van der Waals surface area contributed by atoms with Crippen LogP contribution in [0.4, 0.5) is 0 Å². The monoisotopic (exact) mass is 210 g/mol. The first-order chi connectivity index (χ1) is 7.06. The molecule has 0 aliphatic rings. The van der Waals surface area contributed by atoms with Crippen molar-refractivity contribution in [1.82, 2.24) is 15.0 Å². The lowest BCUT2D eigenvalue weighted by Crippen LogP contribution is -2.43. The van der Waals surface area contributed by atoms with Crippen molar-refractivity contribution < 1.29 is 0 Å². The van der Waals surface area contributed by atoms with Crippen molar-refractivity contribution in [3.8, 4) is 0 Å². The van der Waals surface area contributed by atoms with E-state index in [1.54, 1.807) is 0 Å². The SMILES string of the molecule is CC(C)C(C)C(Cc1nccn1C)NN. The van der Waals surface area contributed by atoms with Crippen molar-refractivity contribution >= 4 is 0 Å². The summed E-state index contributed by atoms with van der Waals surface area (Å²) in [4.78, 5) is 4.31. The second-order valence-corrected chi connectivity index (χ2v) is 4.53. The van der Waals surface area contributed by atoms with Crippen LogP contribution in [-0.2, 0) is 13.5 Å². The van der Waals surface area contributed by atoms with Gasteiger partial charge in [0.15, 0.2) is 0 Å². The number of aromatic nitrogens is 2. The molecule has 1 rings (SSSR count). The average Bonchev–Trinajstić information content (AvgIpc) is 2.59. The quantitative estimate of drug-likeness (QED) is 0.565. The van der Waals surface area contributed by atoms with Gasteiger partial charge < -0.3 is 4.57 Å². The van der Waals surface area contributed by atoms with Crippen LogP contribution in [0.25, 0.3) is 0 Å². The zero-order valence-electron chi connectivity index (χ0n) is 10.1. The van der Waals surface area contributed by atoms with E-state index in [2.05, 4.69) is 31.2 Å². The van der Waals surface area contributed by atoms with Crippen LogP contribution in [0.2, 0.25) is 0 Å². The van der Waals surface area contributed by atoms with Gasteiger partial charge in [-0.2, -0.15) is 0 Å². The molecule has 1 aromatic rings. The van der Waals surface area contributed by atoms with Crippen LogP contribution < -0.4 is 11.3 Å². The lowest BCUT2D eigenvalue weighted by atomic mass is 9.89. The molecule has 0 aliphatic carbocycles. The third-order valence-electron chi connectivity index (χ3n) is 3.22. The number of nitrogens with one attached hydrogen (secondary N) is 1. The molecule has 0 radical (unpaired) electrons. The van der Waals surface area contributed by atoms with Gasteiger partial charge in [-0.05, 0) is 11.8 Å². The van der Waals surface area contributed by atoms with Gasteiger partial charge >= 0.3 is 0 Å². The summed E-state index contributed by atoms with van der Waals surface area (Å²) in [6.45, 7) is 6.65. The minimum Gasteiger partial charge on any atom is -0.338 e. The maximum absolute atomic E-state index is 5.59. The molecular weight excluding hydrogens is 188 g/mol. The number of imidazole rings is 1. The first kappa shape index (κ1) is 12.2. The Morgan fingerprint density at radius 2 is 2.13 bits per heavy atom. The fourth-order valence-corrected chi connectivity index (χ4v) is 1.65. The number of hydrogen-bond acceptors (Lipinski definition) is 3. The summed E-state index contributed by atoms with van der Waals surface area (Å²) in [5, 5.41) is 0. The molecule has 1 aromatic heterocycles. The van der Waals surface area contributed by atoms with E-state index in [1.165, 1.54) is 0 Å². The van der Waals surface area contributed by atoms with E-state index in [-0.39, 0.29) is 6.04 Å².